The molecular weight excluding hydrogens is 490 g/mol. The number of rotatable bonds is 4. The van der Waals surface area contributed by atoms with Crippen LogP contribution in [0, 0.1) is 11.8 Å². The van der Waals surface area contributed by atoms with Gasteiger partial charge in [-0.1, -0.05) is 27.7 Å². The molecule has 3 N–H and O–H groups in total. The van der Waals surface area contributed by atoms with E-state index in [4.69, 9.17) is 15.2 Å². The molecule has 6 atom stereocenters. The Kier molecular flexibility index (Phi) is 7.98. The summed E-state index contributed by atoms with van der Waals surface area (Å²) in [7, 11) is 0. The number of nitrogens with two attached hydrogens (primary N) is 1. The summed E-state index contributed by atoms with van der Waals surface area (Å²) >= 11 is 0. The Balaban J connectivity index is 0.000000201. The minimum atomic E-state index is -3.11. The number of nitrogens with one attached hydrogen (secondary N) is 1. The van der Waals surface area contributed by atoms with E-state index in [-0.39, 0.29) is 18.8 Å². The highest BCUT2D eigenvalue weighted by Gasteiger charge is 2.59. The van der Waals surface area contributed by atoms with Gasteiger partial charge in [0.25, 0.3) is 11.8 Å². The summed E-state index contributed by atoms with van der Waals surface area (Å²) in [6, 6.07) is 0.491. The molecule has 0 radical (unpaired) electrons. The van der Waals surface area contributed by atoms with Gasteiger partial charge in [0.1, 0.15) is 5.82 Å². The van der Waals surface area contributed by atoms with Crippen LogP contribution in [0.5, 0.6) is 0 Å². The zero-order valence-corrected chi connectivity index (χ0v) is 20.4. The molecule has 0 saturated carbocycles. The Labute approximate surface area is 205 Å². The lowest BCUT2D eigenvalue weighted by Crippen LogP contribution is -2.58. The summed E-state index contributed by atoms with van der Waals surface area (Å²) in [4.78, 5) is 38.5. The van der Waals surface area contributed by atoms with Crippen molar-refractivity contribution < 1.29 is 36.6 Å². The van der Waals surface area contributed by atoms with Crippen molar-refractivity contribution in [3.8, 4) is 0 Å². The maximum absolute atomic E-state index is 14.1. The number of urea groups is 1. The maximum Gasteiger partial charge on any atom is 0.351 e. The predicted molar refractivity (Wildman–Crippen MR) is 119 cm³/mol. The van der Waals surface area contributed by atoms with Gasteiger partial charge in [0, 0.05) is 19.2 Å². The van der Waals surface area contributed by atoms with Gasteiger partial charge in [-0.25, -0.2) is 27.2 Å². The van der Waals surface area contributed by atoms with Crippen LogP contribution in [-0.4, -0.2) is 63.2 Å². The minimum absolute atomic E-state index is 0.00217. The second-order valence-electron chi connectivity index (χ2n) is 9.14. The average Bonchev–Trinajstić information content (AvgIpc) is 3.17. The number of imide groups is 1. The van der Waals surface area contributed by atoms with Gasteiger partial charge >= 0.3 is 11.7 Å². The number of aromatic nitrogens is 2. The van der Waals surface area contributed by atoms with Crippen LogP contribution in [0.2, 0.25) is 0 Å². The molecule has 3 amide bonds. The first-order valence-corrected chi connectivity index (χ1v) is 11.8. The number of ether oxygens (including phenoxy) is 2. The highest BCUT2D eigenvalue weighted by Crippen LogP contribution is 2.47. The second kappa shape index (κ2) is 10.3. The summed E-state index contributed by atoms with van der Waals surface area (Å²) in [6.07, 6.45) is -2.21. The number of halogens is 4. The topological polar surface area (TPSA) is 129 Å². The summed E-state index contributed by atoms with van der Waals surface area (Å²) in [5.74, 6) is -8.55. The van der Waals surface area contributed by atoms with Crippen LogP contribution in [0.3, 0.4) is 0 Å². The van der Waals surface area contributed by atoms with Gasteiger partial charge in [-0.15, -0.1) is 0 Å². The first kappa shape index (κ1) is 27.8. The lowest BCUT2D eigenvalue weighted by atomic mass is 9.97. The van der Waals surface area contributed by atoms with Crippen molar-refractivity contribution in [3.63, 3.8) is 0 Å². The van der Waals surface area contributed by atoms with Crippen molar-refractivity contribution in [1.82, 2.24) is 19.8 Å². The van der Waals surface area contributed by atoms with E-state index in [0.717, 1.165) is 9.47 Å². The number of hydrogen-bond acceptors (Lipinski definition) is 7. The molecule has 0 bridgehead atoms. The fraction of sp³-hybridized carbons (Fsp3) is 0.727. The number of hydrogen-bond donors (Lipinski definition) is 2. The van der Waals surface area contributed by atoms with E-state index in [1.165, 1.54) is 26.1 Å². The fourth-order valence-electron chi connectivity index (χ4n) is 4.53. The van der Waals surface area contributed by atoms with Crippen molar-refractivity contribution in [2.75, 3.05) is 12.3 Å². The van der Waals surface area contributed by atoms with Gasteiger partial charge in [-0.3, -0.25) is 19.6 Å². The van der Waals surface area contributed by atoms with E-state index in [1.54, 1.807) is 13.8 Å². The molecule has 4 heterocycles. The van der Waals surface area contributed by atoms with Crippen LogP contribution in [0.15, 0.2) is 17.1 Å². The monoisotopic (exact) mass is 521 g/mol. The number of nitrogens with zero attached hydrogens (tertiary/aromatic N) is 3. The number of amides is 3. The number of carbonyl (C=O) groups excluding carboxylic acids is 2. The molecule has 0 aromatic carbocycles. The SMILES string of the molecule is CC[C@H]1O[C@@H](N2CCC(=O)NC2=O)C(F)(F)[C@@H]1C.CC[C@H]1O[C@@H](n2ccc(N)nc2=O)C(F)(F)[C@@H]1C. The quantitative estimate of drug-likeness (QED) is 0.583. The van der Waals surface area contributed by atoms with Gasteiger partial charge in [-0.05, 0) is 18.9 Å². The fourth-order valence-corrected chi connectivity index (χ4v) is 4.53. The molecule has 3 aliphatic rings. The highest BCUT2D eigenvalue weighted by molar-refractivity contribution is 5.96. The Bertz CT molecular complexity index is 1040. The second-order valence-corrected chi connectivity index (χ2v) is 9.14. The maximum atomic E-state index is 14.1. The Morgan fingerprint density at radius 3 is 2.03 bits per heavy atom. The number of alkyl halides is 4. The van der Waals surface area contributed by atoms with Crippen LogP contribution in [0.25, 0.3) is 0 Å². The van der Waals surface area contributed by atoms with Crippen LogP contribution >= 0.6 is 0 Å². The van der Waals surface area contributed by atoms with Gasteiger partial charge < -0.3 is 15.2 Å². The highest BCUT2D eigenvalue weighted by atomic mass is 19.3. The summed E-state index contributed by atoms with van der Waals surface area (Å²) in [5.41, 5.74) is 4.49. The molecule has 1 aromatic heterocycles. The van der Waals surface area contributed by atoms with Crippen molar-refractivity contribution >= 4 is 17.8 Å². The number of nitrogen functional groups attached to an aromatic ring is 1. The van der Waals surface area contributed by atoms with E-state index in [2.05, 4.69) is 4.98 Å². The lowest BCUT2D eigenvalue weighted by molar-refractivity contribution is -0.149. The van der Waals surface area contributed by atoms with Gasteiger partial charge in [0.15, 0.2) is 6.23 Å². The van der Waals surface area contributed by atoms with E-state index in [0.29, 0.717) is 12.8 Å². The van der Waals surface area contributed by atoms with Crippen LogP contribution in [-0.2, 0) is 14.3 Å². The van der Waals surface area contributed by atoms with Crippen LogP contribution in [0.1, 0.15) is 53.2 Å². The summed E-state index contributed by atoms with van der Waals surface area (Å²) in [6.45, 7) is 6.34. The summed E-state index contributed by atoms with van der Waals surface area (Å²) < 4.78 is 67.6. The number of anilines is 1. The Morgan fingerprint density at radius 1 is 1.03 bits per heavy atom. The largest absolute Gasteiger partial charge is 0.383 e. The predicted octanol–water partition coefficient (Wildman–Crippen LogP) is 2.74. The molecule has 0 unspecified atom stereocenters. The van der Waals surface area contributed by atoms with Crippen molar-refractivity contribution in [3.05, 3.63) is 22.7 Å². The summed E-state index contributed by atoms with van der Waals surface area (Å²) in [5, 5.41) is 2.03. The van der Waals surface area contributed by atoms with Crippen molar-refractivity contribution in [2.24, 2.45) is 11.8 Å². The number of carbonyl (C=O) groups is 2. The normalized spacial score (nSPS) is 33.2. The molecule has 14 heteroatoms. The smallest absolute Gasteiger partial charge is 0.351 e. The molecule has 3 saturated heterocycles. The average molecular weight is 522 g/mol. The molecule has 3 fully saturated rings. The van der Waals surface area contributed by atoms with E-state index < -0.39 is 66.0 Å². The van der Waals surface area contributed by atoms with Crippen molar-refractivity contribution in [1.29, 1.82) is 0 Å². The third-order valence-corrected chi connectivity index (χ3v) is 6.87. The van der Waals surface area contributed by atoms with E-state index in [9.17, 15) is 31.9 Å². The molecule has 10 nitrogen and oxygen atoms in total. The van der Waals surface area contributed by atoms with Gasteiger partial charge in [0.2, 0.25) is 12.1 Å². The zero-order valence-electron chi connectivity index (χ0n) is 20.4. The molecular formula is C22H31F4N5O5. The Morgan fingerprint density at radius 2 is 1.56 bits per heavy atom. The van der Waals surface area contributed by atoms with Crippen molar-refractivity contribution in [2.45, 2.75) is 83.5 Å². The molecule has 36 heavy (non-hydrogen) atoms. The van der Waals surface area contributed by atoms with E-state index in [1.807, 2.05) is 5.32 Å². The van der Waals surface area contributed by atoms with Crippen LogP contribution in [0.4, 0.5) is 28.2 Å². The zero-order chi connectivity index (χ0) is 27.0. The molecule has 0 aliphatic carbocycles. The van der Waals surface area contributed by atoms with Gasteiger partial charge in [0.05, 0.1) is 24.0 Å². The van der Waals surface area contributed by atoms with Gasteiger partial charge in [-0.2, -0.15) is 4.98 Å². The molecule has 1 aromatic rings. The molecule has 202 valence electrons. The molecule has 3 aliphatic heterocycles. The third kappa shape index (κ3) is 5.05. The molecule has 0 spiro atoms. The van der Waals surface area contributed by atoms with E-state index >= 15 is 0 Å². The minimum Gasteiger partial charge on any atom is -0.383 e. The Hall–Kier alpha value is -2.74. The first-order chi connectivity index (χ1) is 16.7. The molecule has 4 rings (SSSR count). The standard InChI is InChI=1S/C11H15F2N3O2.C11H16F2N2O3/c1-3-7-6(2)11(12,13)9(18-7)16-5-4-8(14)15-10(16)17;1-3-7-6(2)11(12,13)9(18-7)15-5-4-8(16)14-10(15)17/h4-7,9H,3H2,1-2H3,(H2,14,15,17);6-7,9H,3-5H2,1-2H3,(H,14,16,17)/t2*6-,7-,9-/m11/s1. The van der Waals surface area contributed by atoms with Crippen LogP contribution < -0.4 is 16.7 Å². The third-order valence-electron chi connectivity index (χ3n) is 6.87. The lowest BCUT2D eigenvalue weighted by Gasteiger charge is -2.34. The first-order valence-electron chi connectivity index (χ1n) is 11.8.